The molecule has 0 atom stereocenters. The topological polar surface area (TPSA) is 155 Å². The third-order valence-corrected chi connectivity index (χ3v) is 11.9. The molecule has 0 bridgehead atoms. The third kappa shape index (κ3) is 12.3. The van der Waals surface area contributed by atoms with Gasteiger partial charge in [0.25, 0.3) is 11.8 Å². The average Bonchev–Trinajstić information content (AvgIpc) is 3.93. The monoisotopic (exact) mass is 960 g/mol. The van der Waals surface area contributed by atoms with E-state index in [0.717, 1.165) is 16.3 Å². The zero-order chi connectivity index (χ0) is 46.9. The Morgan fingerprint density at radius 3 is 2.20 bits per heavy atom. The summed E-state index contributed by atoms with van der Waals surface area (Å²) in [6.45, 7) is 9.62. The number of benzene rings is 3. The molecular weight excluding hydrogens is 920 g/mol. The van der Waals surface area contributed by atoms with Crippen LogP contribution in [0.4, 0.5) is 29.3 Å². The number of hydrogen-bond acceptors (Lipinski definition) is 9. The lowest BCUT2D eigenvalue weighted by Crippen LogP contribution is -2.30. The van der Waals surface area contributed by atoms with Gasteiger partial charge in [-0.1, -0.05) is 91.4 Å². The van der Waals surface area contributed by atoms with Crippen LogP contribution in [0.3, 0.4) is 0 Å². The van der Waals surface area contributed by atoms with E-state index in [9.17, 15) is 27.6 Å². The molecule has 0 aliphatic heterocycles. The normalized spacial score (nSPS) is 11.3. The maximum absolute atomic E-state index is 13.5. The summed E-state index contributed by atoms with van der Waals surface area (Å²) in [4.78, 5) is 47.5. The number of anilines is 2. The molecule has 0 aliphatic carbocycles. The van der Waals surface area contributed by atoms with Crippen LogP contribution in [-0.4, -0.2) is 67.2 Å². The molecule has 14 nitrogen and oxygen atoms in total. The van der Waals surface area contributed by atoms with Gasteiger partial charge in [0.05, 0.1) is 41.9 Å². The summed E-state index contributed by atoms with van der Waals surface area (Å²) in [5.74, 6) is -1.27. The summed E-state index contributed by atoms with van der Waals surface area (Å²) in [6.07, 6.45) is -2.36. The number of aromatic nitrogens is 5. The number of carbonyl (C=O) groups excluding carboxylic acids is 3. The minimum absolute atomic E-state index is 0.0138. The summed E-state index contributed by atoms with van der Waals surface area (Å²) < 4.78 is 57.7. The first-order valence-electron chi connectivity index (χ1n) is 19.1. The molecule has 3 aromatic heterocycles. The molecule has 3 aromatic carbocycles. The number of para-hydroxylation sites is 1. The van der Waals surface area contributed by atoms with Gasteiger partial charge >= 0.3 is 12.3 Å². The molecule has 0 unspecified atom stereocenters. The number of amides is 3. The molecular formula is C43H42Cl3F3N8O6S. The van der Waals surface area contributed by atoms with E-state index in [4.69, 9.17) is 49.1 Å². The summed E-state index contributed by atoms with van der Waals surface area (Å²) >= 11 is 18.2. The highest BCUT2D eigenvalue weighted by molar-refractivity contribution is 7.88. The number of nitrogens with zero attached hydrogens (tertiary/aromatic N) is 7. The number of methoxy groups -OCH3 is 1. The molecule has 21 heteroatoms. The van der Waals surface area contributed by atoms with E-state index in [0.29, 0.717) is 32.9 Å². The van der Waals surface area contributed by atoms with Crippen LogP contribution < -0.4 is 15.1 Å². The second-order valence-electron chi connectivity index (χ2n) is 14.0. The Hall–Kier alpha value is -5.79. The maximum Gasteiger partial charge on any atom is 0.438 e. The van der Waals surface area contributed by atoms with Crippen molar-refractivity contribution in [3.63, 3.8) is 0 Å². The van der Waals surface area contributed by atoms with Crippen LogP contribution in [0.2, 0.25) is 15.1 Å². The molecule has 64 heavy (non-hydrogen) atoms. The molecule has 0 radical (unpaired) electrons. The molecule has 338 valence electrons. The van der Waals surface area contributed by atoms with E-state index in [1.807, 2.05) is 52.0 Å². The van der Waals surface area contributed by atoms with Crippen molar-refractivity contribution in [3.8, 4) is 17.4 Å². The summed E-state index contributed by atoms with van der Waals surface area (Å²) in [7, 11) is 2.07. The number of aryl methyl sites for hydroxylation is 1. The van der Waals surface area contributed by atoms with Crippen molar-refractivity contribution >= 4 is 74.8 Å². The summed E-state index contributed by atoms with van der Waals surface area (Å²) in [5.41, 5.74) is 0.868. The van der Waals surface area contributed by atoms with Crippen molar-refractivity contribution in [2.45, 2.75) is 57.9 Å². The smallest absolute Gasteiger partial charge is 0.438 e. The third-order valence-electron chi connectivity index (χ3n) is 8.86. The zero-order valence-corrected chi connectivity index (χ0v) is 38.4. The van der Waals surface area contributed by atoms with E-state index in [1.54, 1.807) is 48.1 Å². The van der Waals surface area contributed by atoms with Gasteiger partial charge in [-0.05, 0) is 67.1 Å². The predicted octanol–water partition coefficient (Wildman–Crippen LogP) is 11.2. The number of nitrogens with one attached hydrogen (secondary N) is 1. The van der Waals surface area contributed by atoms with Crippen molar-refractivity contribution in [3.05, 3.63) is 140 Å². The van der Waals surface area contributed by atoms with Crippen molar-refractivity contribution in [2.24, 2.45) is 4.36 Å². The first-order chi connectivity index (χ1) is 30.3. The molecule has 0 saturated carbocycles. The predicted molar refractivity (Wildman–Crippen MR) is 241 cm³/mol. The van der Waals surface area contributed by atoms with Crippen molar-refractivity contribution in [2.75, 3.05) is 24.6 Å². The van der Waals surface area contributed by atoms with Crippen LogP contribution >= 0.6 is 34.8 Å². The molecule has 6 aromatic rings. The van der Waals surface area contributed by atoms with Crippen LogP contribution in [-0.2, 0) is 33.0 Å². The fraction of sp³-hybridized carbons (Fsp3) is 0.256. The lowest BCUT2D eigenvalue weighted by molar-refractivity contribution is -0.141. The standard InChI is InChI=1S/C24H24Cl2F3N5O2S.C19H18ClN3O4/c1-12(2)37(13(3)4)33-22(35)16-10-15(25)9-14(5)20(16)31-23(36)18-11-19(24(27,28)29)32-34(18)21-17(26)7-6-8-30-21;1-25-19(24)23(26-2)17-6-4-3-5-14(17)13-27-18-11-12-22(21-18)16-9-7-15(20)8-10-16/h6-13H,1-5H3,(H,31,36);3-12H,13H2,1-2H3. The van der Waals surface area contributed by atoms with Crippen LogP contribution in [0.1, 0.15) is 65.4 Å². The molecule has 6 rings (SSSR count). The lowest BCUT2D eigenvalue weighted by atomic mass is 10.1. The Labute approximate surface area is 384 Å². The van der Waals surface area contributed by atoms with Gasteiger partial charge in [0.15, 0.2) is 11.5 Å². The van der Waals surface area contributed by atoms with Gasteiger partial charge in [0.1, 0.15) is 12.3 Å². The highest BCUT2D eigenvalue weighted by Gasteiger charge is 2.37. The Balaban J connectivity index is 0.000000253. The Kier molecular flexibility index (Phi) is 16.7. The highest BCUT2D eigenvalue weighted by atomic mass is 35.5. The lowest BCUT2D eigenvalue weighted by Gasteiger charge is -2.20. The fourth-order valence-corrected chi connectivity index (χ4v) is 8.39. The summed E-state index contributed by atoms with van der Waals surface area (Å²) in [6, 6.07) is 22.7. The number of ether oxygens (including phenoxy) is 2. The van der Waals surface area contributed by atoms with Gasteiger partial charge in [0.2, 0.25) is 5.88 Å². The molecule has 0 aliphatic rings. The second-order valence-corrected chi connectivity index (χ2v) is 18.1. The van der Waals surface area contributed by atoms with Crippen LogP contribution in [0.5, 0.6) is 5.88 Å². The number of hydrogen-bond donors (Lipinski definition) is 1. The number of rotatable bonds is 12. The average molecular weight is 962 g/mol. The molecule has 3 amide bonds. The number of halogens is 6. The second kappa shape index (κ2) is 21.7. The van der Waals surface area contributed by atoms with Gasteiger partial charge in [-0.2, -0.15) is 27.7 Å². The molecule has 3 heterocycles. The number of alkyl halides is 3. The Morgan fingerprint density at radius 2 is 1.58 bits per heavy atom. The number of carbonyl (C=O) groups is 3. The van der Waals surface area contributed by atoms with Gasteiger partial charge in [-0.25, -0.2) is 19.1 Å². The highest BCUT2D eigenvalue weighted by Crippen LogP contribution is 2.32. The van der Waals surface area contributed by atoms with Gasteiger partial charge in [0, 0.05) is 50.6 Å². The van der Waals surface area contributed by atoms with Crippen molar-refractivity contribution < 1.29 is 41.9 Å². The van der Waals surface area contributed by atoms with E-state index in [2.05, 4.69) is 24.9 Å². The van der Waals surface area contributed by atoms with Crippen molar-refractivity contribution in [1.29, 1.82) is 0 Å². The van der Waals surface area contributed by atoms with E-state index in [1.165, 1.54) is 44.7 Å². The van der Waals surface area contributed by atoms with Gasteiger partial charge < -0.3 is 14.8 Å². The van der Waals surface area contributed by atoms with Crippen molar-refractivity contribution in [1.82, 2.24) is 24.5 Å². The quantitative estimate of drug-likeness (QED) is 0.118. The minimum Gasteiger partial charge on any atom is -0.472 e. The number of hydroxylamine groups is 1. The SMILES string of the molecule is COC(=O)N(OC)c1ccccc1COc1ccn(-c2ccc(Cl)cc2)n1.Cc1cc(Cl)cc(C(=O)N=S(C(C)C)C(C)C)c1NC(=O)c1cc(C(F)(F)F)nn1-c1ncccc1Cl. The summed E-state index contributed by atoms with van der Waals surface area (Å²) in [5, 5.41) is 12.6. The van der Waals surface area contributed by atoms with Gasteiger partial charge in [-0.3, -0.25) is 14.4 Å². The van der Waals surface area contributed by atoms with Crippen LogP contribution in [0, 0.1) is 6.92 Å². The van der Waals surface area contributed by atoms with E-state index < -0.39 is 46.2 Å². The number of pyridine rings is 1. The molecule has 0 spiro atoms. The van der Waals surface area contributed by atoms with E-state index >= 15 is 0 Å². The van der Waals surface area contributed by atoms with Crippen LogP contribution in [0.15, 0.2) is 102 Å². The fourth-order valence-electron chi connectivity index (χ4n) is 5.99. The first-order valence-corrected chi connectivity index (χ1v) is 21.6. The molecule has 0 saturated heterocycles. The van der Waals surface area contributed by atoms with Gasteiger partial charge in [-0.15, -0.1) is 5.10 Å². The first kappa shape index (κ1) is 49.2. The zero-order valence-electron chi connectivity index (χ0n) is 35.4. The van der Waals surface area contributed by atoms with E-state index in [-0.39, 0.29) is 44.2 Å². The van der Waals surface area contributed by atoms with Crippen LogP contribution in [0.25, 0.3) is 11.5 Å². The Morgan fingerprint density at radius 1 is 0.891 bits per heavy atom. The molecule has 0 fully saturated rings. The minimum atomic E-state index is -4.83. The maximum atomic E-state index is 13.5. The Bertz CT molecular complexity index is 2650. The largest absolute Gasteiger partial charge is 0.472 e. The molecule has 1 N–H and O–H groups in total.